The third-order valence-electron chi connectivity index (χ3n) is 4.64. The summed E-state index contributed by atoms with van der Waals surface area (Å²) in [6.45, 7) is 2.49. The van der Waals surface area contributed by atoms with Crippen molar-refractivity contribution < 1.29 is 14.4 Å². The van der Waals surface area contributed by atoms with Crippen molar-refractivity contribution in [2.45, 2.75) is 25.7 Å². The molecule has 2 saturated heterocycles. The smallest absolute Gasteiger partial charge is 0.227 e. The first-order chi connectivity index (χ1) is 11.6. The van der Waals surface area contributed by atoms with Crippen LogP contribution < -0.4 is 10.2 Å². The maximum Gasteiger partial charge on any atom is 0.227 e. The molecule has 24 heavy (non-hydrogen) atoms. The minimum absolute atomic E-state index is 0.0102. The number of benzene rings is 1. The summed E-state index contributed by atoms with van der Waals surface area (Å²) in [7, 11) is 0. The normalized spacial score (nSPS) is 20.8. The zero-order valence-corrected chi connectivity index (χ0v) is 13.7. The van der Waals surface area contributed by atoms with Gasteiger partial charge < -0.3 is 15.1 Å². The Morgan fingerprint density at radius 1 is 1.17 bits per heavy atom. The molecule has 2 aliphatic heterocycles. The van der Waals surface area contributed by atoms with Crippen LogP contribution in [-0.4, -0.2) is 48.8 Å². The first-order valence-electron chi connectivity index (χ1n) is 8.56. The van der Waals surface area contributed by atoms with E-state index in [1.165, 1.54) is 0 Å². The zero-order valence-electron chi connectivity index (χ0n) is 13.7. The first-order valence-corrected chi connectivity index (χ1v) is 8.56. The highest BCUT2D eigenvalue weighted by molar-refractivity contribution is 6.00. The summed E-state index contributed by atoms with van der Waals surface area (Å²) in [6.07, 6.45) is 2.59. The molecule has 1 atom stereocenters. The summed E-state index contributed by atoms with van der Waals surface area (Å²) in [4.78, 5) is 39.4. The Morgan fingerprint density at radius 2 is 1.96 bits per heavy atom. The number of nitrogens with zero attached hydrogens (tertiary/aromatic N) is 2. The molecule has 1 aromatic carbocycles. The van der Waals surface area contributed by atoms with E-state index < -0.39 is 0 Å². The van der Waals surface area contributed by atoms with Gasteiger partial charge in [0.2, 0.25) is 17.7 Å². The Kier molecular flexibility index (Phi) is 5.13. The van der Waals surface area contributed by atoms with E-state index >= 15 is 0 Å². The first kappa shape index (κ1) is 16.5. The van der Waals surface area contributed by atoms with E-state index in [-0.39, 0.29) is 30.1 Å². The fraction of sp³-hybridized carbons (Fsp3) is 0.500. The topological polar surface area (TPSA) is 69.7 Å². The van der Waals surface area contributed by atoms with E-state index in [2.05, 4.69) is 5.32 Å². The highest BCUT2D eigenvalue weighted by Crippen LogP contribution is 2.24. The number of anilines is 1. The largest absolute Gasteiger partial charge is 0.356 e. The number of nitrogens with one attached hydrogen (secondary N) is 1. The highest BCUT2D eigenvalue weighted by atomic mass is 16.2. The van der Waals surface area contributed by atoms with Crippen LogP contribution in [0.5, 0.6) is 0 Å². The molecule has 1 aromatic rings. The third-order valence-corrected chi connectivity index (χ3v) is 4.64. The summed E-state index contributed by atoms with van der Waals surface area (Å²) < 4.78 is 0. The standard InChI is InChI=1S/C18H23N3O3/c22-16-8-4-10-20(16)11-5-9-19-18(24)14-12-17(23)21(13-14)15-6-2-1-3-7-15/h1-3,6-7,14H,4-5,8-13H2,(H,19,24)/t14-/m1/s1. The number of rotatable bonds is 6. The number of hydrogen-bond donors (Lipinski definition) is 1. The van der Waals surface area contributed by atoms with Crippen LogP contribution in [-0.2, 0) is 14.4 Å². The van der Waals surface area contributed by atoms with Crippen LogP contribution in [0, 0.1) is 5.92 Å². The van der Waals surface area contributed by atoms with Crippen molar-refractivity contribution in [3.8, 4) is 0 Å². The van der Waals surface area contributed by atoms with Crippen molar-refractivity contribution in [1.82, 2.24) is 10.2 Å². The van der Waals surface area contributed by atoms with Gasteiger partial charge in [-0.3, -0.25) is 14.4 Å². The van der Waals surface area contributed by atoms with Crippen molar-refractivity contribution in [1.29, 1.82) is 0 Å². The van der Waals surface area contributed by atoms with Crippen LogP contribution in [0.1, 0.15) is 25.7 Å². The molecule has 128 valence electrons. The van der Waals surface area contributed by atoms with Crippen molar-refractivity contribution >= 4 is 23.4 Å². The molecule has 2 fully saturated rings. The van der Waals surface area contributed by atoms with Gasteiger partial charge in [0, 0.05) is 44.7 Å². The number of likely N-dealkylation sites (tertiary alicyclic amines) is 1. The van der Waals surface area contributed by atoms with E-state index in [9.17, 15) is 14.4 Å². The molecule has 0 aromatic heterocycles. The van der Waals surface area contributed by atoms with Gasteiger partial charge in [-0.05, 0) is 25.0 Å². The second-order valence-electron chi connectivity index (χ2n) is 6.37. The van der Waals surface area contributed by atoms with Crippen LogP contribution >= 0.6 is 0 Å². The van der Waals surface area contributed by atoms with Crippen LogP contribution in [0.2, 0.25) is 0 Å². The Morgan fingerprint density at radius 3 is 2.67 bits per heavy atom. The molecule has 0 saturated carbocycles. The monoisotopic (exact) mass is 329 g/mol. The Labute approximate surface area is 141 Å². The van der Waals surface area contributed by atoms with Gasteiger partial charge in [-0.15, -0.1) is 0 Å². The van der Waals surface area contributed by atoms with Crippen LogP contribution in [0.3, 0.4) is 0 Å². The average molecular weight is 329 g/mol. The quantitative estimate of drug-likeness (QED) is 0.797. The number of para-hydroxylation sites is 1. The molecule has 0 aliphatic carbocycles. The van der Waals surface area contributed by atoms with Crippen LogP contribution in [0.4, 0.5) is 5.69 Å². The lowest BCUT2D eigenvalue weighted by Gasteiger charge is -2.17. The van der Waals surface area contributed by atoms with E-state index in [0.717, 1.165) is 25.1 Å². The van der Waals surface area contributed by atoms with Crippen molar-refractivity contribution in [3.05, 3.63) is 30.3 Å². The van der Waals surface area contributed by atoms with Crippen LogP contribution in [0.15, 0.2) is 30.3 Å². The maximum absolute atomic E-state index is 12.3. The summed E-state index contributed by atoms with van der Waals surface area (Å²) in [5, 5.41) is 2.90. The van der Waals surface area contributed by atoms with Gasteiger partial charge in [-0.2, -0.15) is 0 Å². The minimum Gasteiger partial charge on any atom is -0.356 e. The fourth-order valence-electron chi connectivity index (χ4n) is 3.31. The molecule has 2 aliphatic rings. The molecule has 0 spiro atoms. The molecule has 2 heterocycles. The molecule has 1 N–H and O–H groups in total. The van der Waals surface area contributed by atoms with Gasteiger partial charge in [0.15, 0.2) is 0 Å². The van der Waals surface area contributed by atoms with Crippen molar-refractivity contribution in [3.63, 3.8) is 0 Å². The molecule has 0 unspecified atom stereocenters. The van der Waals surface area contributed by atoms with Crippen molar-refractivity contribution in [2.75, 3.05) is 31.1 Å². The predicted octanol–water partition coefficient (Wildman–Crippen LogP) is 1.17. The Bertz CT molecular complexity index is 617. The van der Waals surface area contributed by atoms with Gasteiger partial charge in [0.25, 0.3) is 0 Å². The average Bonchev–Trinajstić information content (AvgIpc) is 3.18. The van der Waals surface area contributed by atoms with Gasteiger partial charge in [-0.25, -0.2) is 0 Å². The molecule has 0 radical (unpaired) electrons. The van der Waals surface area contributed by atoms with E-state index in [4.69, 9.17) is 0 Å². The summed E-state index contributed by atoms with van der Waals surface area (Å²) in [5.74, 6) is -0.175. The Hall–Kier alpha value is -2.37. The summed E-state index contributed by atoms with van der Waals surface area (Å²) in [6, 6.07) is 9.43. The van der Waals surface area contributed by atoms with E-state index in [1.54, 1.807) is 4.90 Å². The molecule has 6 nitrogen and oxygen atoms in total. The van der Waals surface area contributed by atoms with Crippen LogP contribution in [0.25, 0.3) is 0 Å². The van der Waals surface area contributed by atoms with Gasteiger partial charge in [0.1, 0.15) is 0 Å². The molecule has 0 bridgehead atoms. The summed E-state index contributed by atoms with van der Waals surface area (Å²) >= 11 is 0. The predicted molar refractivity (Wildman–Crippen MR) is 90.3 cm³/mol. The fourth-order valence-corrected chi connectivity index (χ4v) is 3.31. The molecule has 6 heteroatoms. The molecular formula is C18H23N3O3. The number of carbonyl (C=O) groups is 3. The van der Waals surface area contributed by atoms with Gasteiger partial charge >= 0.3 is 0 Å². The lowest BCUT2D eigenvalue weighted by atomic mass is 10.1. The lowest BCUT2D eigenvalue weighted by Crippen LogP contribution is -2.35. The van der Waals surface area contributed by atoms with Crippen molar-refractivity contribution in [2.24, 2.45) is 5.92 Å². The highest BCUT2D eigenvalue weighted by Gasteiger charge is 2.34. The zero-order chi connectivity index (χ0) is 16.9. The molecular weight excluding hydrogens is 306 g/mol. The molecule has 3 rings (SSSR count). The minimum atomic E-state index is -0.300. The van der Waals surface area contributed by atoms with Gasteiger partial charge in [-0.1, -0.05) is 18.2 Å². The summed E-state index contributed by atoms with van der Waals surface area (Å²) in [5.41, 5.74) is 0.838. The lowest BCUT2D eigenvalue weighted by molar-refractivity contribution is -0.127. The SMILES string of the molecule is O=C(NCCCN1CCCC1=O)[C@@H]1CC(=O)N(c2ccccc2)C1. The number of hydrogen-bond acceptors (Lipinski definition) is 3. The maximum atomic E-state index is 12.3. The van der Waals surface area contributed by atoms with E-state index in [0.29, 0.717) is 26.1 Å². The Balaban J connectivity index is 1.43. The second kappa shape index (κ2) is 7.47. The van der Waals surface area contributed by atoms with E-state index in [1.807, 2.05) is 35.2 Å². The third kappa shape index (κ3) is 3.75. The number of carbonyl (C=O) groups excluding carboxylic acids is 3. The second-order valence-corrected chi connectivity index (χ2v) is 6.37. The van der Waals surface area contributed by atoms with Gasteiger partial charge in [0.05, 0.1) is 5.92 Å². The molecule has 3 amide bonds. The number of amides is 3.